The van der Waals surface area contributed by atoms with Crippen molar-refractivity contribution in [1.29, 1.82) is 0 Å². The van der Waals surface area contributed by atoms with E-state index in [1.165, 1.54) is 45.2 Å². The minimum Gasteiger partial charge on any atom is -0.486 e. The summed E-state index contributed by atoms with van der Waals surface area (Å²) < 4.78 is 0. The van der Waals surface area contributed by atoms with Crippen molar-refractivity contribution < 1.29 is 19.5 Å². The van der Waals surface area contributed by atoms with Gasteiger partial charge in [-0.25, -0.2) is 4.85 Å². The Kier molecular flexibility index (Phi) is 12.0. The lowest BCUT2D eigenvalue weighted by Gasteiger charge is -2.28. The second-order valence-corrected chi connectivity index (χ2v) is 20.7. The van der Waals surface area contributed by atoms with Crippen LogP contribution in [0.4, 0.5) is 34.1 Å². The predicted octanol–water partition coefficient (Wildman–Crippen LogP) is 16.8. The summed E-state index contributed by atoms with van der Waals surface area (Å²) in [6.45, 7) is 16.0. The Hall–Kier alpha value is -9.16. The number of carboxylic acid groups (broad SMARTS) is 1. The number of fused-ring (bicyclic) bond motifs is 7. The molecule has 7 nitrogen and oxygen atoms in total. The Bertz CT molecular complexity index is 3690. The lowest BCUT2D eigenvalue weighted by Crippen LogP contribution is -2.16. The van der Waals surface area contributed by atoms with Gasteiger partial charge in [0.05, 0.1) is 12.1 Å². The summed E-state index contributed by atoms with van der Waals surface area (Å²) >= 11 is 1.54. The fourth-order valence-electron chi connectivity index (χ4n) is 10.7. The quantitative estimate of drug-likeness (QED) is 0.0881. The van der Waals surface area contributed by atoms with E-state index in [1.54, 1.807) is 30.3 Å². The minimum atomic E-state index is -1.20. The van der Waals surface area contributed by atoms with Crippen molar-refractivity contribution in [3.8, 4) is 21.6 Å². The second kappa shape index (κ2) is 18.8. The highest BCUT2D eigenvalue weighted by Crippen LogP contribution is 2.55. The maximum Gasteiger partial charge on any atom is 0.333 e. The molecular weight excluding hydrogens is 931 g/mol. The summed E-state index contributed by atoms with van der Waals surface area (Å²) in [4.78, 5) is 46.9. The van der Waals surface area contributed by atoms with Gasteiger partial charge in [0.1, 0.15) is 0 Å². The van der Waals surface area contributed by atoms with Gasteiger partial charge in [-0.2, -0.15) is 0 Å². The molecule has 12 rings (SSSR count). The third-order valence-corrected chi connectivity index (χ3v) is 15.6. The average molecular weight is 980 g/mol. The van der Waals surface area contributed by atoms with Gasteiger partial charge in [-0.1, -0.05) is 155 Å². The summed E-state index contributed by atoms with van der Waals surface area (Å²) in [5, 5.41) is 9.23. The molecule has 0 spiro atoms. The minimum absolute atomic E-state index is 0.199. The molecule has 0 radical (unpaired) electrons. The number of Topliss-reactive ketones (excluding diaryl/α,β-unsaturated/α-hetero) is 2. The van der Waals surface area contributed by atoms with Crippen LogP contribution < -0.4 is 9.80 Å². The molecule has 1 N–H and O–H groups in total. The Morgan fingerprint density at radius 1 is 0.486 bits per heavy atom. The lowest BCUT2D eigenvalue weighted by molar-refractivity contribution is -0.132. The smallest absolute Gasteiger partial charge is 0.333 e. The van der Waals surface area contributed by atoms with E-state index in [0.29, 0.717) is 11.1 Å². The zero-order valence-corrected chi connectivity index (χ0v) is 42.0. The number of para-hydroxylation sites is 4. The van der Waals surface area contributed by atoms with Gasteiger partial charge in [0.2, 0.25) is 0 Å². The molecule has 9 aromatic rings. The average Bonchev–Trinajstić information content (AvgIpc) is 4.09. The number of benzene rings is 8. The van der Waals surface area contributed by atoms with Crippen LogP contribution in [0.3, 0.4) is 0 Å². The molecule has 0 fully saturated rings. The number of ketones is 2. The van der Waals surface area contributed by atoms with Crippen molar-refractivity contribution in [3.05, 3.63) is 273 Å². The van der Waals surface area contributed by atoms with Gasteiger partial charge >= 0.3 is 5.97 Å². The highest BCUT2D eigenvalue weighted by molar-refractivity contribution is 7.16. The van der Waals surface area contributed by atoms with Crippen LogP contribution in [0, 0.1) is 6.57 Å². The van der Waals surface area contributed by atoms with Gasteiger partial charge in [0, 0.05) is 65.8 Å². The van der Waals surface area contributed by atoms with Crippen LogP contribution in [-0.4, -0.2) is 22.6 Å². The van der Waals surface area contributed by atoms with Crippen LogP contribution in [0.15, 0.2) is 218 Å². The largest absolute Gasteiger partial charge is 0.486 e. The number of nitrogens with zero attached hydrogens (tertiary/aromatic N) is 3. The first kappa shape index (κ1) is 47.2. The standard InChI is InChI=1S/C37H27NO2.C29H22N2O2S/c1-37(2)33-22-24(21-32-35(39)30-15-9-10-16-31(30)36(32)40)17-19-28(33)29-20-18-27(23-34(29)37)38(25-11-5-3-6-12-25)26-13-7-4-8-14-26;1-29(2)24-16-21(31(19-10-6-4-7-11-19)20-12-8-5-9-13-20)14-15-23(24)27-25(29)17-22(34-27)18-26(30-3)28(32)33/h3-23H,1-2H3;4-18H,1-2H3,(H,32,33)/b;26-18-. The molecule has 0 aliphatic heterocycles. The Balaban J connectivity index is 0.000000161. The van der Waals surface area contributed by atoms with Crippen LogP contribution in [0.2, 0.25) is 0 Å². The Morgan fingerprint density at radius 3 is 1.35 bits per heavy atom. The summed E-state index contributed by atoms with van der Waals surface area (Å²) in [6, 6.07) is 70.1. The normalized spacial score (nSPS) is 14.1. The molecule has 0 amide bonds. The maximum atomic E-state index is 13.0. The number of carbonyl (C=O) groups is 3. The van der Waals surface area contributed by atoms with Gasteiger partial charge in [-0.3, -0.25) is 14.4 Å². The molecule has 3 aliphatic carbocycles. The molecule has 0 bridgehead atoms. The zero-order chi connectivity index (χ0) is 51.3. The predicted molar refractivity (Wildman–Crippen MR) is 301 cm³/mol. The molecule has 8 heteroatoms. The topological polar surface area (TPSA) is 82.3 Å². The number of thiophene rings is 1. The van der Waals surface area contributed by atoms with E-state index in [-0.39, 0.29) is 33.7 Å². The van der Waals surface area contributed by atoms with Crippen LogP contribution in [0.5, 0.6) is 0 Å². The van der Waals surface area contributed by atoms with Crippen molar-refractivity contribution in [1.82, 2.24) is 0 Å². The lowest BCUT2D eigenvalue weighted by atomic mass is 9.81. The van der Waals surface area contributed by atoms with Crippen molar-refractivity contribution in [2.45, 2.75) is 38.5 Å². The number of aliphatic carboxylic acids is 1. The fraction of sp³-hybridized carbons (Fsp3) is 0.0909. The van der Waals surface area contributed by atoms with E-state index >= 15 is 0 Å². The number of hydrogen-bond acceptors (Lipinski definition) is 6. The van der Waals surface area contributed by atoms with Crippen molar-refractivity contribution in [2.75, 3.05) is 9.80 Å². The molecule has 1 heterocycles. The first-order valence-electron chi connectivity index (χ1n) is 24.4. The number of anilines is 6. The fourth-order valence-corrected chi connectivity index (χ4v) is 12.0. The van der Waals surface area contributed by atoms with E-state index in [4.69, 9.17) is 6.57 Å². The van der Waals surface area contributed by atoms with Crippen LogP contribution in [0.1, 0.15) is 81.1 Å². The number of hydrogen-bond donors (Lipinski definition) is 1. The summed E-state index contributed by atoms with van der Waals surface area (Å²) in [5.74, 6) is -1.60. The van der Waals surface area contributed by atoms with Gasteiger partial charge < -0.3 is 14.9 Å². The first-order valence-corrected chi connectivity index (χ1v) is 25.3. The summed E-state index contributed by atoms with van der Waals surface area (Å²) in [5.41, 5.74) is 16.3. The number of carbonyl (C=O) groups excluding carboxylic acids is 2. The van der Waals surface area contributed by atoms with Crippen molar-refractivity contribution in [3.63, 3.8) is 0 Å². The number of carboxylic acids is 1. The number of allylic oxidation sites excluding steroid dienone is 1. The molecule has 0 saturated heterocycles. The number of rotatable bonds is 9. The van der Waals surface area contributed by atoms with Crippen LogP contribution in [-0.2, 0) is 15.6 Å². The Morgan fingerprint density at radius 2 is 0.892 bits per heavy atom. The van der Waals surface area contributed by atoms with Crippen LogP contribution in [0.25, 0.3) is 38.6 Å². The molecule has 0 unspecified atom stereocenters. The van der Waals surface area contributed by atoms with E-state index in [0.717, 1.165) is 60.6 Å². The van der Waals surface area contributed by atoms with Gasteiger partial charge in [0.25, 0.3) is 5.70 Å². The molecule has 74 heavy (non-hydrogen) atoms. The van der Waals surface area contributed by atoms with E-state index in [1.807, 2.05) is 60.7 Å². The Labute approximate surface area is 435 Å². The summed E-state index contributed by atoms with van der Waals surface area (Å²) in [7, 11) is 0. The highest BCUT2D eigenvalue weighted by Gasteiger charge is 2.39. The SMILES string of the molecule is CC1(C)c2cc(C=C3C(=O)c4ccccc4C3=O)ccc2-c2ccc(N(c3ccccc3)c3ccccc3)cc21.[C-]#[N+]/C(=C\c1cc2c(s1)-c1ccc(N(c3ccccc3)c3ccccc3)cc1C2(C)C)C(=O)O. The molecule has 0 atom stereocenters. The van der Waals surface area contributed by atoms with Gasteiger partial charge in [-0.05, 0) is 136 Å². The van der Waals surface area contributed by atoms with E-state index in [9.17, 15) is 19.5 Å². The molecule has 8 aromatic carbocycles. The molecule has 3 aliphatic rings. The molecular formula is C66H49N3O4S. The second-order valence-electron chi connectivity index (χ2n) is 19.6. The molecule has 0 saturated carbocycles. The third-order valence-electron chi connectivity index (χ3n) is 14.4. The van der Waals surface area contributed by atoms with E-state index in [2.05, 4.69) is 164 Å². The maximum absolute atomic E-state index is 13.0. The van der Waals surface area contributed by atoms with E-state index < -0.39 is 5.97 Å². The van der Waals surface area contributed by atoms with Crippen molar-refractivity contribution >= 4 is 75.1 Å². The highest BCUT2D eigenvalue weighted by atomic mass is 32.1. The first-order chi connectivity index (χ1) is 35.8. The molecule has 358 valence electrons. The van der Waals surface area contributed by atoms with Crippen molar-refractivity contribution in [2.24, 2.45) is 0 Å². The zero-order valence-electron chi connectivity index (χ0n) is 41.2. The third kappa shape index (κ3) is 8.23. The van der Waals surface area contributed by atoms with Gasteiger partial charge in [-0.15, -0.1) is 11.3 Å². The summed E-state index contributed by atoms with van der Waals surface area (Å²) in [6.07, 6.45) is 3.22. The monoisotopic (exact) mass is 979 g/mol. The van der Waals surface area contributed by atoms with Crippen LogP contribution >= 0.6 is 11.3 Å². The molecule has 1 aromatic heterocycles. The van der Waals surface area contributed by atoms with Gasteiger partial charge in [0.15, 0.2) is 11.6 Å².